The minimum atomic E-state index is -0.143. The fraction of sp³-hybridized carbons (Fsp3) is 0.476. The Hall–Kier alpha value is -2.83. The van der Waals surface area contributed by atoms with Crippen LogP contribution in [0, 0.1) is 0 Å². The largest absolute Gasteiger partial charge is 0.496 e. The van der Waals surface area contributed by atoms with Gasteiger partial charge in [-0.15, -0.1) is 0 Å². The topological polar surface area (TPSA) is 87.3 Å². The third-order valence-electron chi connectivity index (χ3n) is 5.71. The van der Waals surface area contributed by atoms with Crippen LogP contribution in [-0.4, -0.2) is 46.6 Å². The zero-order chi connectivity index (χ0) is 19.5. The van der Waals surface area contributed by atoms with Crippen LogP contribution in [0.3, 0.4) is 0 Å². The van der Waals surface area contributed by atoms with Gasteiger partial charge in [-0.1, -0.05) is 31.4 Å². The third kappa shape index (κ3) is 3.61. The molecule has 2 N–H and O–H groups in total. The van der Waals surface area contributed by atoms with Gasteiger partial charge in [0.05, 0.1) is 19.2 Å². The number of hydrogen-bond donors (Lipinski definition) is 2. The molecule has 2 heterocycles. The highest BCUT2D eigenvalue weighted by molar-refractivity contribution is 5.98. The van der Waals surface area contributed by atoms with E-state index < -0.39 is 0 Å². The van der Waals surface area contributed by atoms with Crippen molar-refractivity contribution in [1.29, 1.82) is 0 Å². The maximum Gasteiger partial charge on any atom is 0.272 e. The number of rotatable bonds is 4. The normalized spacial score (nSPS) is 17.1. The van der Waals surface area contributed by atoms with E-state index in [1.54, 1.807) is 24.1 Å². The summed E-state index contributed by atoms with van der Waals surface area (Å²) in [5.41, 5.74) is 2.71. The maximum atomic E-state index is 13.0. The van der Waals surface area contributed by atoms with Crippen molar-refractivity contribution in [3.05, 3.63) is 46.8 Å². The molecule has 0 spiro atoms. The number of methoxy groups -OCH3 is 1. The number of benzene rings is 1. The Morgan fingerprint density at radius 3 is 2.79 bits per heavy atom. The van der Waals surface area contributed by atoms with E-state index in [4.69, 9.17) is 4.74 Å². The molecule has 0 unspecified atom stereocenters. The van der Waals surface area contributed by atoms with Gasteiger partial charge >= 0.3 is 0 Å². The first-order valence-corrected chi connectivity index (χ1v) is 9.96. The maximum absolute atomic E-state index is 13.0. The van der Waals surface area contributed by atoms with Crippen LogP contribution >= 0.6 is 0 Å². The molecule has 2 aliphatic rings. The van der Waals surface area contributed by atoms with E-state index in [9.17, 15) is 9.59 Å². The first kappa shape index (κ1) is 18.5. The van der Waals surface area contributed by atoms with E-state index >= 15 is 0 Å². The molecule has 0 atom stereocenters. The summed E-state index contributed by atoms with van der Waals surface area (Å²) in [6.07, 6.45) is 6.26. The number of fused-ring (bicyclic) bond motifs is 1. The Labute approximate surface area is 164 Å². The van der Waals surface area contributed by atoms with Gasteiger partial charge < -0.3 is 15.0 Å². The first-order valence-electron chi connectivity index (χ1n) is 9.96. The minimum absolute atomic E-state index is 0.0945. The van der Waals surface area contributed by atoms with E-state index in [0.717, 1.165) is 36.9 Å². The summed E-state index contributed by atoms with van der Waals surface area (Å²) in [5.74, 6) is 0.319. The van der Waals surface area contributed by atoms with E-state index in [0.29, 0.717) is 36.5 Å². The van der Waals surface area contributed by atoms with Gasteiger partial charge in [-0.3, -0.25) is 14.7 Å². The summed E-state index contributed by atoms with van der Waals surface area (Å²) in [6.45, 7) is 0.950. The fourth-order valence-electron chi connectivity index (χ4n) is 4.15. The molecule has 1 aromatic carbocycles. The third-order valence-corrected chi connectivity index (χ3v) is 5.71. The molecule has 1 aliphatic heterocycles. The van der Waals surface area contributed by atoms with Crippen LogP contribution in [-0.2, 0) is 13.0 Å². The predicted octanol–water partition coefficient (Wildman–Crippen LogP) is 2.68. The SMILES string of the molecule is COc1ccccc1C(=O)N1CCc2[nH]nc(C(=O)NC3CCCCC3)c2C1. The van der Waals surface area contributed by atoms with Gasteiger partial charge in [0.1, 0.15) is 5.75 Å². The van der Waals surface area contributed by atoms with Crippen molar-refractivity contribution in [3.8, 4) is 5.75 Å². The highest BCUT2D eigenvalue weighted by atomic mass is 16.5. The van der Waals surface area contributed by atoms with Gasteiger partial charge in [0, 0.05) is 30.3 Å². The molecule has 7 heteroatoms. The Kier molecular flexibility index (Phi) is 5.32. The van der Waals surface area contributed by atoms with Gasteiger partial charge in [0.15, 0.2) is 5.69 Å². The molecule has 2 aromatic rings. The summed E-state index contributed by atoms with van der Waals surface area (Å²) in [4.78, 5) is 27.6. The number of para-hydroxylation sites is 1. The summed E-state index contributed by atoms with van der Waals surface area (Å²) < 4.78 is 5.33. The van der Waals surface area contributed by atoms with Crippen LogP contribution in [0.2, 0.25) is 0 Å². The van der Waals surface area contributed by atoms with Gasteiger partial charge in [0.25, 0.3) is 11.8 Å². The Balaban J connectivity index is 1.51. The van der Waals surface area contributed by atoms with Gasteiger partial charge in [-0.25, -0.2) is 0 Å². The monoisotopic (exact) mass is 382 g/mol. The zero-order valence-corrected chi connectivity index (χ0v) is 16.2. The second-order valence-electron chi connectivity index (χ2n) is 7.51. The molecule has 0 radical (unpaired) electrons. The van der Waals surface area contributed by atoms with E-state index in [2.05, 4.69) is 15.5 Å². The number of carbonyl (C=O) groups excluding carboxylic acids is 2. The van der Waals surface area contributed by atoms with Crippen LogP contribution in [0.4, 0.5) is 0 Å². The number of nitrogens with zero attached hydrogens (tertiary/aromatic N) is 2. The van der Waals surface area contributed by atoms with Crippen molar-refractivity contribution < 1.29 is 14.3 Å². The molecule has 7 nitrogen and oxygen atoms in total. The highest BCUT2D eigenvalue weighted by Crippen LogP contribution is 2.26. The molecule has 2 amide bonds. The molecule has 148 valence electrons. The lowest BCUT2D eigenvalue weighted by molar-refractivity contribution is 0.0727. The van der Waals surface area contributed by atoms with E-state index in [-0.39, 0.29) is 17.9 Å². The molecule has 4 rings (SSSR count). The lowest BCUT2D eigenvalue weighted by Gasteiger charge is -2.28. The van der Waals surface area contributed by atoms with Gasteiger partial charge in [-0.05, 0) is 25.0 Å². The highest BCUT2D eigenvalue weighted by Gasteiger charge is 2.30. The Morgan fingerprint density at radius 1 is 1.21 bits per heavy atom. The van der Waals surface area contributed by atoms with Crippen molar-refractivity contribution in [1.82, 2.24) is 20.4 Å². The molecule has 0 saturated heterocycles. The summed E-state index contributed by atoms with van der Waals surface area (Å²) >= 11 is 0. The molecular formula is C21H26N4O3. The predicted molar refractivity (Wildman–Crippen MR) is 104 cm³/mol. The Morgan fingerprint density at radius 2 is 2.00 bits per heavy atom. The average molecular weight is 382 g/mol. The van der Waals surface area contributed by atoms with Gasteiger partial charge in [-0.2, -0.15) is 5.10 Å². The standard InChI is InChI=1S/C21H26N4O3/c1-28-18-10-6-5-9-15(18)21(27)25-12-11-17-16(13-25)19(24-23-17)20(26)22-14-7-3-2-4-8-14/h5-6,9-10,14H,2-4,7-8,11-13H2,1H3,(H,22,26)(H,23,24). The smallest absolute Gasteiger partial charge is 0.272 e. The van der Waals surface area contributed by atoms with Gasteiger partial charge in [0.2, 0.25) is 0 Å². The molecule has 28 heavy (non-hydrogen) atoms. The number of H-pyrrole nitrogens is 1. The average Bonchev–Trinajstić information content (AvgIpc) is 3.17. The summed E-state index contributed by atoms with van der Waals surface area (Å²) in [6, 6.07) is 7.44. The number of hydrogen-bond acceptors (Lipinski definition) is 4. The quantitative estimate of drug-likeness (QED) is 0.851. The Bertz CT molecular complexity index is 870. The molecule has 1 aliphatic carbocycles. The molecule has 1 saturated carbocycles. The number of aromatic nitrogens is 2. The first-order chi connectivity index (χ1) is 13.7. The van der Waals surface area contributed by atoms with Crippen LogP contribution in [0.15, 0.2) is 24.3 Å². The lowest BCUT2D eigenvalue weighted by atomic mass is 9.95. The summed E-state index contributed by atoms with van der Waals surface area (Å²) in [7, 11) is 1.56. The number of aromatic amines is 1. The molecule has 0 bridgehead atoms. The second kappa shape index (κ2) is 8.04. The van der Waals surface area contributed by atoms with Crippen molar-refractivity contribution in [2.75, 3.05) is 13.7 Å². The van der Waals surface area contributed by atoms with Crippen molar-refractivity contribution in [2.45, 2.75) is 51.1 Å². The van der Waals surface area contributed by atoms with Crippen LogP contribution in [0.5, 0.6) is 5.75 Å². The van der Waals surface area contributed by atoms with Crippen molar-refractivity contribution in [3.63, 3.8) is 0 Å². The lowest BCUT2D eigenvalue weighted by Crippen LogP contribution is -2.39. The van der Waals surface area contributed by atoms with Crippen LogP contribution < -0.4 is 10.1 Å². The van der Waals surface area contributed by atoms with E-state index in [1.165, 1.54) is 6.42 Å². The summed E-state index contributed by atoms with van der Waals surface area (Å²) in [5, 5.41) is 10.4. The number of ether oxygens (including phenoxy) is 1. The molecular weight excluding hydrogens is 356 g/mol. The van der Waals surface area contributed by atoms with Crippen LogP contribution in [0.1, 0.15) is 64.2 Å². The number of carbonyl (C=O) groups is 2. The minimum Gasteiger partial charge on any atom is -0.496 e. The number of nitrogens with one attached hydrogen (secondary N) is 2. The van der Waals surface area contributed by atoms with Crippen LogP contribution in [0.25, 0.3) is 0 Å². The second-order valence-corrected chi connectivity index (χ2v) is 7.51. The van der Waals surface area contributed by atoms with Crippen molar-refractivity contribution in [2.24, 2.45) is 0 Å². The van der Waals surface area contributed by atoms with Crippen molar-refractivity contribution >= 4 is 11.8 Å². The zero-order valence-electron chi connectivity index (χ0n) is 16.2. The fourth-order valence-corrected chi connectivity index (χ4v) is 4.15. The molecule has 1 aromatic heterocycles. The molecule has 1 fully saturated rings. The number of amides is 2. The van der Waals surface area contributed by atoms with E-state index in [1.807, 2.05) is 12.1 Å².